The van der Waals surface area contributed by atoms with Crippen LogP contribution in [0.15, 0.2) is 29.8 Å². The normalized spacial score (nSPS) is 14.1. The fourth-order valence-corrected chi connectivity index (χ4v) is 1.66. The first-order valence-electron chi connectivity index (χ1n) is 5.16. The zero-order chi connectivity index (χ0) is 11.5. The van der Waals surface area contributed by atoms with Gasteiger partial charge in [-0.05, 0) is 19.1 Å². The highest BCUT2D eigenvalue weighted by Crippen LogP contribution is 2.29. The number of esters is 1. The number of ether oxygens (including phenoxy) is 1. The summed E-state index contributed by atoms with van der Waals surface area (Å²) in [6.45, 7) is 2.33. The zero-order valence-electron chi connectivity index (χ0n) is 8.99. The van der Waals surface area contributed by atoms with E-state index in [0.717, 1.165) is 5.69 Å². The van der Waals surface area contributed by atoms with Gasteiger partial charge in [0, 0.05) is 11.3 Å². The van der Waals surface area contributed by atoms with Crippen molar-refractivity contribution >= 4 is 17.4 Å². The fourth-order valence-electron chi connectivity index (χ4n) is 1.66. The van der Waals surface area contributed by atoms with Gasteiger partial charge in [-0.1, -0.05) is 12.1 Å². The van der Waals surface area contributed by atoms with Crippen LogP contribution in [0.1, 0.15) is 12.5 Å². The number of anilines is 1. The molecule has 0 spiro atoms. The SMILES string of the molecule is CCOC(=O)C1=C(O)c2ccccc2NC1. The van der Waals surface area contributed by atoms with Crippen LogP contribution < -0.4 is 5.32 Å². The zero-order valence-corrected chi connectivity index (χ0v) is 8.99. The summed E-state index contributed by atoms with van der Waals surface area (Å²) in [6.07, 6.45) is 0. The smallest absolute Gasteiger partial charge is 0.339 e. The minimum absolute atomic E-state index is 0.00722. The number of benzene rings is 1. The van der Waals surface area contributed by atoms with Crippen molar-refractivity contribution in [3.05, 3.63) is 35.4 Å². The highest BCUT2D eigenvalue weighted by atomic mass is 16.5. The molecule has 0 bridgehead atoms. The largest absolute Gasteiger partial charge is 0.507 e. The van der Waals surface area contributed by atoms with Gasteiger partial charge in [-0.2, -0.15) is 0 Å². The third-order valence-electron chi connectivity index (χ3n) is 2.45. The Hall–Kier alpha value is -1.97. The van der Waals surface area contributed by atoms with Crippen molar-refractivity contribution in [3.8, 4) is 0 Å². The van der Waals surface area contributed by atoms with E-state index in [0.29, 0.717) is 18.7 Å². The number of nitrogens with one attached hydrogen (secondary N) is 1. The number of hydrogen-bond donors (Lipinski definition) is 2. The van der Waals surface area contributed by atoms with Crippen molar-refractivity contribution in [2.45, 2.75) is 6.92 Å². The Morgan fingerprint density at radius 3 is 3.00 bits per heavy atom. The van der Waals surface area contributed by atoms with Gasteiger partial charge in [0.15, 0.2) is 0 Å². The van der Waals surface area contributed by atoms with Crippen LogP contribution in [0.4, 0.5) is 5.69 Å². The maximum atomic E-state index is 11.5. The lowest BCUT2D eigenvalue weighted by Crippen LogP contribution is -2.21. The third kappa shape index (κ3) is 1.74. The number of rotatable bonds is 2. The summed E-state index contributed by atoms with van der Waals surface area (Å²) >= 11 is 0. The molecule has 1 heterocycles. The van der Waals surface area contributed by atoms with E-state index in [1.807, 2.05) is 18.2 Å². The molecule has 0 atom stereocenters. The molecule has 4 heteroatoms. The van der Waals surface area contributed by atoms with E-state index in [9.17, 15) is 9.90 Å². The first kappa shape index (κ1) is 10.5. The van der Waals surface area contributed by atoms with Crippen LogP contribution in [0.2, 0.25) is 0 Å². The maximum Gasteiger partial charge on any atom is 0.339 e. The van der Waals surface area contributed by atoms with Gasteiger partial charge in [-0.3, -0.25) is 0 Å². The van der Waals surface area contributed by atoms with Gasteiger partial charge in [0.2, 0.25) is 0 Å². The topological polar surface area (TPSA) is 58.6 Å². The van der Waals surface area contributed by atoms with E-state index in [1.165, 1.54) is 0 Å². The molecule has 1 aromatic carbocycles. The van der Waals surface area contributed by atoms with Crippen LogP contribution >= 0.6 is 0 Å². The van der Waals surface area contributed by atoms with E-state index >= 15 is 0 Å². The first-order chi connectivity index (χ1) is 7.74. The van der Waals surface area contributed by atoms with Crippen molar-refractivity contribution in [2.24, 2.45) is 0 Å². The molecule has 2 N–H and O–H groups in total. The van der Waals surface area contributed by atoms with Crippen LogP contribution in [0.5, 0.6) is 0 Å². The Bertz CT molecular complexity index is 451. The highest BCUT2D eigenvalue weighted by Gasteiger charge is 2.23. The summed E-state index contributed by atoms with van der Waals surface area (Å²) in [5.74, 6) is -0.463. The minimum atomic E-state index is -0.470. The second-order valence-electron chi connectivity index (χ2n) is 3.45. The number of para-hydroxylation sites is 1. The van der Waals surface area contributed by atoms with Gasteiger partial charge in [-0.15, -0.1) is 0 Å². The molecule has 4 nitrogen and oxygen atoms in total. The van der Waals surface area contributed by atoms with Crippen LogP contribution in [-0.2, 0) is 9.53 Å². The van der Waals surface area contributed by atoms with Crippen LogP contribution in [0.3, 0.4) is 0 Å². The predicted molar refractivity (Wildman–Crippen MR) is 61.1 cm³/mol. The van der Waals surface area contributed by atoms with Gasteiger partial charge < -0.3 is 15.2 Å². The van der Waals surface area contributed by atoms with Gasteiger partial charge in [0.05, 0.1) is 18.7 Å². The molecule has 0 unspecified atom stereocenters. The molecule has 1 aliphatic heterocycles. The molecular weight excluding hydrogens is 206 g/mol. The molecule has 1 aromatic rings. The molecule has 16 heavy (non-hydrogen) atoms. The van der Waals surface area contributed by atoms with E-state index in [1.54, 1.807) is 13.0 Å². The van der Waals surface area contributed by atoms with Gasteiger partial charge in [-0.25, -0.2) is 4.79 Å². The Morgan fingerprint density at radius 2 is 2.25 bits per heavy atom. The molecule has 84 valence electrons. The van der Waals surface area contributed by atoms with E-state index in [-0.39, 0.29) is 11.3 Å². The number of aliphatic hydroxyl groups is 1. The van der Waals surface area contributed by atoms with E-state index < -0.39 is 5.97 Å². The average Bonchev–Trinajstić information content (AvgIpc) is 2.30. The Labute approximate surface area is 93.5 Å². The number of carbonyl (C=O) groups excluding carboxylic acids is 1. The second kappa shape index (κ2) is 4.26. The molecule has 0 saturated heterocycles. The molecule has 2 rings (SSSR count). The molecule has 1 aliphatic rings. The maximum absolute atomic E-state index is 11.5. The predicted octanol–water partition coefficient (Wildman–Crippen LogP) is 1.94. The Balaban J connectivity index is 2.39. The van der Waals surface area contributed by atoms with Gasteiger partial charge in [0.1, 0.15) is 5.76 Å². The van der Waals surface area contributed by atoms with Crippen LogP contribution in [0, 0.1) is 0 Å². The number of fused-ring (bicyclic) bond motifs is 1. The molecular formula is C12H13NO3. The summed E-state index contributed by atoms with van der Waals surface area (Å²) in [5, 5.41) is 13.0. The summed E-state index contributed by atoms with van der Waals surface area (Å²) in [4.78, 5) is 11.5. The monoisotopic (exact) mass is 219 g/mol. The Kier molecular flexibility index (Phi) is 2.81. The number of carbonyl (C=O) groups is 1. The quantitative estimate of drug-likeness (QED) is 0.746. The third-order valence-corrected chi connectivity index (χ3v) is 2.45. The van der Waals surface area contributed by atoms with E-state index in [4.69, 9.17) is 4.74 Å². The Morgan fingerprint density at radius 1 is 1.50 bits per heavy atom. The summed E-state index contributed by atoms with van der Waals surface area (Å²) in [6, 6.07) is 7.29. The molecule has 0 fully saturated rings. The average molecular weight is 219 g/mol. The summed E-state index contributed by atoms with van der Waals surface area (Å²) < 4.78 is 4.87. The standard InChI is InChI=1S/C12H13NO3/c1-2-16-12(15)9-7-13-10-6-4-3-5-8(10)11(9)14/h3-6,13-14H,2,7H2,1H3. The molecule has 0 aromatic heterocycles. The van der Waals surface area contributed by atoms with E-state index in [2.05, 4.69) is 5.32 Å². The van der Waals surface area contributed by atoms with Crippen molar-refractivity contribution in [1.29, 1.82) is 0 Å². The van der Waals surface area contributed by atoms with Crippen LogP contribution in [-0.4, -0.2) is 24.2 Å². The van der Waals surface area contributed by atoms with Crippen molar-refractivity contribution in [2.75, 3.05) is 18.5 Å². The van der Waals surface area contributed by atoms with Crippen molar-refractivity contribution in [3.63, 3.8) is 0 Å². The summed E-state index contributed by atoms with van der Waals surface area (Å²) in [7, 11) is 0. The second-order valence-corrected chi connectivity index (χ2v) is 3.45. The number of aliphatic hydroxyl groups excluding tert-OH is 1. The highest BCUT2D eigenvalue weighted by molar-refractivity contribution is 5.99. The number of hydrogen-bond acceptors (Lipinski definition) is 4. The van der Waals surface area contributed by atoms with Crippen molar-refractivity contribution < 1.29 is 14.6 Å². The molecule has 0 amide bonds. The lowest BCUT2D eigenvalue weighted by molar-refractivity contribution is -0.138. The fraction of sp³-hybridized carbons (Fsp3) is 0.250. The van der Waals surface area contributed by atoms with Crippen molar-refractivity contribution in [1.82, 2.24) is 0 Å². The molecule has 0 radical (unpaired) electrons. The minimum Gasteiger partial charge on any atom is -0.507 e. The lowest BCUT2D eigenvalue weighted by Gasteiger charge is -2.20. The molecule has 0 aliphatic carbocycles. The first-order valence-corrected chi connectivity index (χ1v) is 5.16. The van der Waals surface area contributed by atoms with Gasteiger partial charge >= 0.3 is 5.97 Å². The summed E-state index contributed by atoms with van der Waals surface area (Å²) in [5.41, 5.74) is 1.74. The molecule has 0 saturated carbocycles. The van der Waals surface area contributed by atoms with Gasteiger partial charge in [0.25, 0.3) is 0 Å². The van der Waals surface area contributed by atoms with Crippen LogP contribution in [0.25, 0.3) is 5.76 Å². The lowest BCUT2D eigenvalue weighted by atomic mass is 10.0.